The van der Waals surface area contributed by atoms with Crippen LogP contribution in [0.1, 0.15) is 0 Å². The van der Waals surface area contributed by atoms with Gasteiger partial charge >= 0.3 is 0 Å². The van der Waals surface area contributed by atoms with Gasteiger partial charge in [-0.1, -0.05) is 6.07 Å². The minimum atomic E-state index is -4.01. The van der Waals surface area contributed by atoms with E-state index in [9.17, 15) is 13.2 Å². The molecule has 4 heterocycles. The number of anilines is 2. The fourth-order valence-electron chi connectivity index (χ4n) is 3.74. The molecule has 3 aromatic rings. The van der Waals surface area contributed by atoms with Gasteiger partial charge in [-0.2, -0.15) is 0 Å². The Balaban J connectivity index is 0.000000775. The van der Waals surface area contributed by atoms with Gasteiger partial charge < -0.3 is 25.4 Å². The van der Waals surface area contributed by atoms with Gasteiger partial charge in [-0.25, -0.2) is 12.4 Å². The first kappa shape index (κ1) is 21.6. The quantitative estimate of drug-likeness (QED) is 0.483. The molecule has 2 aliphatic heterocycles. The Bertz CT molecular complexity index is 1270. The molecule has 11 nitrogen and oxygen atoms in total. The van der Waals surface area contributed by atoms with E-state index in [1.54, 1.807) is 36.7 Å². The number of benzene rings is 1. The van der Waals surface area contributed by atoms with Crippen LogP contribution in [-0.4, -0.2) is 67.6 Å². The Kier molecular flexibility index (Phi) is 5.97. The summed E-state index contributed by atoms with van der Waals surface area (Å²) >= 11 is 0. The van der Waals surface area contributed by atoms with Gasteiger partial charge in [0, 0.05) is 38.6 Å². The van der Waals surface area contributed by atoms with Gasteiger partial charge in [0.15, 0.2) is 6.61 Å². The number of carbonyl (C=O) groups is 2. The van der Waals surface area contributed by atoms with E-state index in [0.29, 0.717) is 16.8 Å². The highest BCUT2D eigenvalue weighted by molar-refractivity contribution is 7.90. The lowest BCUT2D eigenvalue weighted by Gasteiger charge is -2.28. The molecule has 3 N–H and O–H groups in total. The SMILES string of the molecule is O=C1COc2cccc(S(=O)(=O)n3cc(N4CCNCC4)c4ncccc43)c2N1.O=CO. The van der Waals surface area contributed by atoms with Crippen molar-refractivity contribution < 1.29 is 27.9 Å². The zero-order valence-corrected chi connectivity index (χ0v) is 17.7. The molecule has 0 bridgehead atoms. The molecule has 32 heavy (non-hydrogen) atoms. The van der Waals surface area contributed by atoms with Crippen molar-refractivity contribution in [1.29, 1.82) is 0 Å². The third-order valence-corrected chi connectivity index (χ3v) is 6.83. The van der Waals surface area contributed by atoms with Crippen molar-refractivity contribution in [3.8, 4) is 5.75 Å². The number of carbonyl (C=O) groups excluding carboxylic acids is 1. The van der Waals surface area contributed by atoms with Gasteiger partial charge in [0.2, 0.25) is 0 Å². The summed E-state index contributed by atoms with van der Waals surface area (Å²) in [4.78, 5) is 26.7. The first-order valence-electron chi connectivity index (χ1n) is 9.78. The van der Waals surface area contributed by atoms with E-state index in [0.717, 1.165) is 31.9 Å². The molecule has 5 rings (SSSR count). The minimum Gasteiger partial charge on any atom is -0.483 e. The lowest BCUT2D eigenvalue weighted by Crippen LogP contribution is -2.43. The Morgan fingerprint density at radius 3 is 2.66 bits per heavy atom. The van der Waals surface area contributed by atoms with Crippen LogP contribution in [0.5, 0.6) is 5.75 Å². The molecule has 2 aliphatic rings. The number of para-hydroxylation sites is 1. The van der Waals surface area contributed by atoms with E-state index in [-0.39, 0.29) is 29.6 Å². The molecule has 0 aliphatic carbocycles. The van der Waals surface area contributed by atoms with Crippen molar-refractivity contribution >= 4 is 44.8 Å². The number of nitrogens with zero attached hydrogens (tertiary/aromatic N) is 3. The summed E-state index contributed by atoms with van der Waals surface area (Å²) in [5, 5.41) is 12.8. The molecule has 0 unspecified atom stereocenters. The second-order valence-corrected chi connectivity index (χ2v) is 8.78. The number of pyridine rings is 1. The second kappa shape index (κ2) is 8.85. The van der Waals surface area contributed by atoms with Gasteiger partial charge in [0.1, 0.15) is 21.8 Å². The minimum absolute atomic E-state index is 0.0179. The molecule has 0 saturated carbocycles. The average molecular weight is 459 g/mol. The van der Waals surface area contributed by atoms with Crippen LogP contribution in [0.15, 0.2) is 47.6 Å². The summed E-state index contributed by atoms with van der Waals surface area (Å²) < 4.78 is 33.9. The zero-order chi connectivity index (χ0) is 22.7. The topological polar surface area (TPSA) is 143 Å². The summed E-state index contributed by atoms with van der Waals surface area (Å²) in [5.74, 6) is -0.0525. The second-order valence-electron chi connectivity index (χ2n) is 6.99. The van der Waals surface area contributed by atoms with Gasteiger partial charge in [-0.05, 0) is 24.3 Å². The Labute approximate surface area is 183 Å². The molecule has 1 fully saturated rings. The van der Waals surface area contributed by atoms with Crippen molar-refractivity contribution in [2.45, 2.75) is 4.90 Å². The highest BCUT2D eigenvalue weighted by atomic mass is 32.2. The number of fused-ring (bicyclic) bond motifs is 2. The molecule has 1 aromatic carbocycles. The first-order chi connectivity index (χ1) is 15.5. The van der Waals surface area contributed by atoms with Crippen molar-refractivity contribution in [3.63, 3.8) is 0 Å². The highest BCUT2D eigenvalue weighted by Gasteiger charge is 2.30. The number of amides is 1. The summed E-state index contributed by atoms with van der Waals surface area (Å²) in [6, 6.07) is 8.15. The Morgan fingerprint density at radius 1 is 1.16 bits per heavy atom. The molecule has 2 aromatic heterocycles. The number of carboxylic acid groups (broad SMARTS) is 1. The smallest absolute Gasteiger partial charge is 0.290 e. The third-order valence-electron chi connectivity index (χ3n) is 5.11. The maximum Gasteiger partial charge on any atom is 0.290 e. The Hall–Kier alpha value is -3.64. The molecule has 0 atom stereocenters. The van der Waals surface area contributed by atoms with Crippen LogP contribution in [0.2, 0.25) is 0 Å². The molecule has 0 spiro atoms. The van der Waals surface area contributed by atoms with E-state index in [2.05, 4.69) is 20.5 Å². The van der Waals surface area contributed by atoms with Crippen molar-refractivity contribution in [2.75, 3.05) is 43.0 Å². The number of hydrogen-bond acceptors (Lipinski definition) is 8. The Morgan fingerprint density at radius 2 is 1.91 bits per heavy atom. The predicted molar refractivity (Wildman–Crippen MR) is 117 cm³/mol. The zero-order valence-electron chi connectivity index (χ0n) is 16.9. The van der Waals surface area contributed by atoms with E-state index >= 15 is 0 Å². The van der Waals surface area contributed by atoms with Crippen molar-refractivity contribution in [1.82, 2.24) is 14.3 Å². The summed E-state index contributed by atoms with van der Waals surface area (Å²) in [5.41, 5.74) is 2.05. The van der Waals surface area contributed by atoms with Gasteiger partial charge in [0.25, 0.3) is 22.4 Å². The molecule has 168 valence electrons. The molecule has 1 amide bonds. The van der Waals surface area contributed by atoms with Crippen molar-refractivity contribution in [2.24, 2.45) is 0 Å². The summed E-state index contributed by atoms with van der Waals surface area (Å²) in [6.07, 6.45) is 3.27. The summed E-state index contributed by atoms with van der Waals surface area (Å²) in [7, 11) is -4.01. The average Bonchev–Trinajstić information content (AvgIpc) is 3.20. The predicted octanol–water partition coefficient (Wildman–Crippen LogP) is 0.715. The van der Waals surface area contributed by atoms with E-state index in [1.807, 2.05) is 0 Å². The van der Waals surface area contributed by atoms with Gasteiger partial charge in [0.05, 0.1) is 11.2 Å². The van der Waals surface area contributed by atoms with Crippen LogP contribution in [0, 0.1) is 0 Å². The maximum atomic E-state index is 13.6. The molecular formula is C20H21N5O6S. The fraction of sp³-hybridized carbons (Fsp3) is 0.250. The first-order valence-corrected chi connectivity index (χ1v) is 11.2. The summed E-state index contributed by atoms with van der Waals surface area (Å²) in [6.45, 7) is 2.78. The molecular weight excluding hydrogens is 438 g/mol. The molecule has 12 heteroatoms. The lowest BCUT2D eigenvalue weighted by molar-refractivity contribution is -0.123. The largest absolute Gasteiger partial charge is 0.483 e. The molecule has 0 radical (unpaired) electrons. The number of ether oxygens (including phenoxy) is 1. The van der Waals surface area contributed by atoms with Crippen LogP contribution in [-0.2, 0) is 19.6 Å². The number of aromatic nitrogens is 2. The van der Waals surface area contributed by atoms with Crippen molar-refractivity contribution in [3.05, 3.63) is 42.7 Å². The van der Waals surface area contributed by atoms with Crippen LogP contribution in [0.25, 0.3) is 11.0 Å². The fourth-order valence-corrected chi connectivity index (χ4v) is 5.26. The highest BCUT2D eigenvalue weighted by Crippen LogP contribution is 2.37. The van der Waals surface area contributed by atoms with Crippen LogP contribution >= 0.6 is 0 Å². The number of nitrogens with one attached hydrogen (secondary N) is 2. The van der Waals surface area contributed by atoms with Crippen LogP contribution in [0.3, 0.4) is 0 Å². The monoisotopic (exact) mass is 459 g/mol. The normalized spacial score (nSPS) is 15.8. The lowest BCUT2D eigenvalue weighted by atomic mass is 10.2. The maximum absolute atomic E-state index is 13.6. The number of rotatable bonds is 3. The van der Waals surface area contributed by atoms with E-state index < -0.39 is 10.0 Å². The third kappa shape index (κ3) is 3.85. The number of piperazine rings is 1. The standard InChI is InChI=1S/C19H19N5O4S.CH2O2/c25-17-12-28-15-4-1-5-16(19(15)22-17)29(26,27)24-11-14(23-9-7-20-8-10-23)18-13(24)3-2-6-21-18;2-1-3/h1-6,11,20H,7-10,12H2,(H,22,25);1H,(H,2,3). The van der Waals surface area contributed by atoms with Crippen LogP contribution < -0.4 is 20.3 Å². The van der Waals surface area contributed by atoms with Crippen LogP contribution in [0.4, 0.5) is 11.4 Å². The van der Waals surface area contributed by atoms with E-state index in [1.165, 1.54) is 10.0 Å². The van der Waals surface area contributed by atoms with Gasteiger partial charge in [-0.15, -0.1) is 0 Å². The molecule has 1 saturated heterocycles. The van der Waals surface area contributed by atoms with E-state index in [4.69, 9.17) is 14.6 Å². The number of hydrogen-bond donors (Lipinski definition) is 3. The van der Waals surface area contributed by atoms with Gasteiger partial charge in [-0.3, -0.25) is 14.6 Å².